The third-order valence-electron chi connectivity index (χ3n) is 1.86. The van der Waals surface area contributed by atoms with E-state index < -0.39 is 0 Å². The largest absolute Gasteiger partial charge is 0.376 e. The molecule has 0 aliphatic carbocycles. The molecule has 0 spiro atoms. The summed E-state index contributed by atoms with van der Waals surface area (Å²) in [6, 6.07) is 0.500. The number of ether oxygens (including phenoxy) is 1. The number of rotatable bonds is 6. The Morgan fingerprint density at radius 2 is 2.00 bits per heavy atom. The van der Waals surface area contributed by atoms with Gasteiger partial charge in [-0.15, -0.1) is 0 Å². The van der Waals surface area contributed by atoms with Crippen LogP contribution in [0.2, 0.25) is 0 Å². The van der Waals surface area contributed by atoms with Crippen LogP contribution in [-0.4, -0.2) is 38.3 Å². The normalized spacial score (nSPS) is 14.4. The second kappa shape index (κ2) is 7.32. The fraction of sp³-hybridized carbons (Fsp3) is 0.800. The van der Waals surface area contributed by atoms with E-state index >= 15 is 0 Å². The molecule has 2 heteroatoms. The minimum Gasteiger partial charge on any atom is -0.376 e. The van der Waals surface area contributed by atoms with Crippen LogP contribution in [-0.2, 0) is 4.74 Å². The number of likely N-dealkylation sites (N-methyl/N-ethyl adjacent to an activating group) is 1. The zero-order valence-electron chi connectivity index (χ0n) is 8.71. The Morgan fingerprint density at radius 3 is 2.50 bits per heavy atom. The molecule has 0 aromatic rings. The second-order valence-electron chi connectivity index (χ2n) is 3.23. The highest BCUT2D eigenvalue weighted by molar-refractivity contribution is 4.79. The number of hydrogen-bond donors (Lipinski definition) is 0. The van der Waals surface area contributed by atoms with Gasteiger partial charge in [0, 0.05) is 6.04 Å². The summed E-state index contributed by atoms with van der Waals surface area (Å²) >= 11 is 0. The van der Waals surface area contributed by atoms with Crippen LogP contribution < -0.4 is 0 Å². The van der Waals surface area contributed by atoms with Crippen LogP contribution in [0.3, 0.4) is 0 Å². The van der Waals surface area contributed by atoms with E-state index in [2.05, 4.69) is 45.0 Å². The summed E-state index contributed by atoms with van der Waals surface area (Å²) < 4.78 is 5.43. The molecule has 0 aromatic carbocycles. The molecule has 0 saturated carbocycles. The van der Waals surface area contributed by atoms with E-state index in [-0.39, 0.29) is 0 Å². The van der Waals surface area contributed by atoms with Crippen LogP contribution >= 0.6 is 0 Å². The molecular formula is C10H21NO. The Morgan fingerprint density at radius 1 is 1.33 bits per heavy atom. The summed E-state index contributed by atoms with van der Waals surface area (Å²) in [6.07, 6.45) is 5.29. The molecule has 0 amide bonds. The smallest absolute Gasteiger partial charge is 0.0648 e. The molecule has 0 fully saturated rings. The van der Waals surface area contributed by atoms with Crippen LogP contribution in [0.5, 0.6) is 0 Å². The molecule has 1 atom stereocenters. The van der Waals surface area contributed by atoms with Gasteiger partial charge in [-0.25, -0.2) is 0 Å². The summed E-state index contributed by atoms with van der Waals surface area (Å²) in [5, 5.41) is 0. The van der Waals surface area contributed by atoms with Crippen molar-refractivity contribution in [1.82, 2.24) is 4.90 Å². The molecule has 12 heavy (non-hydrogen) atoms. The molecule has 2 nitrogen and oxygen atoms in total. The maximum absolute atomic E-state index is 5.43. The Hall–Kier alpha value is -0.340. The summed E-state index contributed by atoms with van der Waals surface area (Å²) in [6.45, 7) is 5.83. The molecular weight excluding hydrogens is 150 g/mol. The van der Waals surface area contributed by atoms with E-state index in [4.69, 9.17) is 4.74 Å². The van der Waals surface area contributed by atoms with Crippen molar-refractivity contribution in [2.45, 2.75) is 26.3 Å². The lowest BCUT2D eigenvalue weighted by Crippen LogP contribution is -2.29. The highest BCUT2D eigenvalue weighted by atomic mass is 16.5. The fourth-order valence-electron chi connectivity index (χ4n) is 0.690. The third kappa shape index (κ3) is 6.38. The van der Waals surface area contributed by atoms with Gasteiger partial charge in [-0.3, -0.25) is 0 Å². The predicted molar refractivity (Wildman–Crippen MR) is 53.4 cm³/mol. The highest BCUT2D eigenvalue weighted by Gasteiger charge is 2.02. The van der Waals surface area contributed by atoms with Crippen molar-refractivity contribution in [3.05, 3.63) is 12.2 Å². The van der Waals surface area contributed by atoms with E-state index in [0.29, 0.717) is 6.04 Å². The van der Waals surface area contributed by atoms with Crippen molar-refractivity contribution in [2.75, 3.05) is 27.3 Å². The van der Waals surface area contributed by atoms with Crippen LogP contribution in [0.15, 0.2) is 12.2 Å². The number of nitrogens with zero attached hydrogens (tertiary/aromatic N) is 1. The Labute approximate surface area is 76.2 Å². The van der Waals surface area contributed by atoms with E-state index in [1.807, 2.05) is 0 Å². The van der Waals surface area contributed by atoms with Gasteiger partial charge in [0.1, 0.15) is 0 Å². The van der Waals surface area contributed by atoms with Crippen LogP contribution in [0, 0.1) is 0 Å². The Kier molecular flexibility index (Phi) is 7.11. The van der Waals surface area contributed by atoms with Gasteiger partial charge in [0.2, 0.25) is 0 Å². The van der Waals surface area contributed by atoms with Gasteiger partial charge in [0.25, 0.3) is 0 Å². The van der Waals surface area contributed by atoms with Crippen molar-refractivity contribution >= 4 is 0 Å². The van der Waals surface area contributed by atoms with Crippen LogP contribution in [0.25, 0.3) is 0 Å². The van der Waals surface area contributed by atoms with Gasteiger partial charge >= 0.3 is 0 Å². The first-order valence-electron chi connectivity index (χ1n) is 4.57. The zero-order chi connectivity index (χ0) is 9.40. The number of hydrogen-bond acceptors (Lipinski definition) is 2. The lowest BCUT2D eigenvalue weighted by Gasteiger charge is -2.18. The standard InChI is InChI=1S/C10H21NO/c1-5-6-7-8-12-9-10(2)11(3)4/h6-7,10H,5,8-9H2,1-4H3/b7-6-. The van der Waals surface area contributed by atoms with Crippen LogP contribution in [0.4, 0.5) is 0 Å². The minimum absolute atomic E-state index is 0.500. The SMILES string of the molecule is CC/C=C\COCC(C)N(C)C. The lowest BCUT2D eigenvalue weighted by atomic mass is 10.3. The first-order valence-corrected chi connectivity index (χ1v) is 4.57. The molecule has 0 aliphatic heterocycles. The highest BCUT2D eigenvalue weighted by Crippen LogP contribution is 1.92. The zero-order valence-corrected chi connectivity index (χ0v) is 8.71. The van der Waals surface area contributed by atoms with Gasteiger partial charge < -0.3 is 9.64 Å². The van der Waals surface area contributed by atoms with E-state index in [1.54, 1.807) is 0 Å². The van der Waals surface area contributed by atoms with Gasteiger partial charge in [-0.05, 0) is 27.4 Å². The summed E-state index contributed by atoms with van der Waals surface area (Å²) in [5.74, 6) is 0. The lowest BCUT2D eigenvalue weighted by molar-refractivity contribution is 0.105. The average molecular weight is 171 g/mol. The fourth-order valence-corrected chi connectivity index (χ4v) is 0.690. The first kappa shape index (κ1) is 11.7. The van der Waals surface area contributed by atoms with Crippen LogP contribution in [0.1, 0.15) is 20.3 Å². The molecule has 0 N–H and O–H groups in total. The molecule has 1 unspecified atom stereocenters. The molecule has 72 valence electrons. The minimum atomic E-state index is 0.500. The van der Waals surface area contributed by atoms with Gasteiger partial charge in [0.15, 0.2) is 0 Å². The quantitative estimate of drug-likeness (QED) is 0.447. The van der Waals surface area contributed by atoms with Gasteiger partial charge in [-0.1, -0.05) is 19.1 Å². The third-order valence-corrected chi connectivity index (χ3v) is 1.86. The molecule has 0 radical (unpaired) electrons. The van der Waals surface area contributed by atoms with Crippen molar-refractivity contribution < 1.29 is 4.74 Å². The molecule has 0 saturated heterocycles. The monoisotopic (exact) mass is 171 g/mol. The maximum Gasteiger partial charge on any atom is 0.0648 e. The molecule has 0 rings (SSSR count). The maximum atomic E-state index is 5.43. The van der Waals surface area contributed by atoms with Crippen molar-refractivity contribution in [1.29, 1.82) is 0 Å². The molecule has 0 aromatic heterocycles. The average Bonchev–Trinajstić information content (AvgIpc) is 2.03. The Balaban J connectivity index is 3.25. The number of allylic oxidation sites excluding steroid dienone is 1. The molecule has 0 aliphatic rings. The van der Waals surface area contributed by atoms with Crippen molar-refractivity contribution in [2.24, 2.45) is 0 Å². The molecule has 0 bridgehead atoms. The van der Waals surface area contributed by atoms with Crippen molar-refractivity contribution in [3.63, 3.8) is 0 Å². The Bertz CT molecular complexity index is 121. The second-order valence-corrected chi connectivity index (χ2v) is 3.23. The van der Waals surface area contributed by atoms with Gasteiger partial charge in [0.05, 0.1) is 13.2 Å². The van der Waals surface area contributed by atoms with E-state index in [0.717, 1.165) is 19.6 Å². The predicted octanol–water partition coefficient (Wildman–Crippen LogP) is 1.92. The summed E-state index contributed by atoms with van der Waals surface area (Å²) in [4.78, 5) is 2.16. The summed E-state index contributed by atoms with van der Waals surface area (Å²) in [5.41, 5.74) is 0. The summed E-state index contributed by atoms with van der Waals surface area (Å²) in [7, 11) is 4.13. The first-order chi connectivity index (χ1) is 5.68. The van der Waals surface area contributed by atoms with Crippen molar-refractivity contribution in [3.8, 4) is 0 Å². The topological polar surface area (TPSA) is 12.5 Å². The molecule has 0 heterocycles. The van der Waals surface area contributed by atoms with E-state index in [1.165, 1.54) is 0 Å². The van der Waals surface area contributed by atoms with E-state index in [9.17, 15) is 0 Å². The van der Waals surface area contributed by atoms with Gasteiger partial charge in [-0.2, -0.15) is 0 Å².